The van der Waals surface area contributed by atoms with Gasteiger partial charge in [0, 0.05) is 29.8 Å². The van der Waals surface area contributed by atoms with E-state index in [0.717, 1.165) is 11.5 Å². The summed E-state index contributed by atoms with van der Waals surface area (Å²) in [5.41, 5.74) is 0. The third-order valence-electron chi connectivity index (χ3n) is 3.38. The Kier molecular flexibility index (Phi) is 1.75. The second-order valence-corrected chi connectivity index (χ2v) is 7.18. The van der Waals surface area contributed by atoms with E-state index in [-0.39, 0.29) is 27.6 Å². The molecule has 2 aliphatic carbocycles. The molecule has 0 aromatic heterocycles. The van der Waals surface area contributed by atoms with Gasteiger partial charge in [-0.05, 0) is 0 Å². The van der Waals surface area contributed by atoms with Crippen molar-refractivity contribution >= 4 is 35.3 Å². The molecule has 5 heteroatoms. The monoisotopic (exact) mass is 230 g/mol. The minimum Gasteiger partial charge on any atom is -0.481 e. The van der Waals surface area contributed by atoms with E-state index in [0.29, 0.717) is 6.42 Å². The maximum atomic E-state index is 11.6. The summed E-state index contributed by atoms with van der Waals surface area (Å²) < 4.78 is -0.0508. The van der Waals surface area contributed by atoms with Crippen LogP contribution in [0.3, 0.4) is 0 Å². The average Bonchev–Trinajstić information content (AvgIpc) is 2.66. The highest BCUT2D eigenvalue weighted by Crippen LogP contribution is 2.70. The highest BCUT2D eigenvalue weighted by molar-refractivity contribution is 8.21. The molecule has 0 bridgehead atoms. The number of hydrogen-bond donors (Lipinski definition) is 1. The summed E-state index contributed by atoms with van der Waals surface area (Å²) in [6.07, 6.45) is 0.599. The Balaban J connectivity index is 1.90. The van der Waals surface area contributed by atoms with Gasteiger partial charge in [0.15, 0.2) is 0 Å². The van der Waals surface area contributed by atoms with E-state index < -0.39 is 5.97 Å². The van der Waals surface area contributed by atoms with Gasteiger partial charge >= 0.3 is 5.97 Å². The summed E-state index contributed by atoms with van der Waals surface area (Å²) >= 11 is 3.61. The Morgan fingerprint density at radius 2 is 2.07 bits per heavy atom. The van der Waals surface area contributed by atoms with Crippen LogP contribution in [0.1, 0.15) is 6.42 Å². The lowest BCUT2D eigenvalue weighted by Crippen LogP contribution is -2.23. The zero-order valence-corrected chi connectivity index (χ0v) is 9.07. The molecule has 14 heavy (non-hydrogen) atoms. The van der Waals surface area contributed by atoms with Gasteiger partial charge in [-0.2, -0.15) is 0 Å². The van der Waals surface area contributed by atoms with Crippen molar-refractivity contribution in [3.8, 4) is 0 Å². The van der Waals surface area contributed by atoms with E-state index in [1.54, 1.807) is 23.5 Å². The van der Waals surface area contributed by atoms with Crippen LogP contribution in [0.2, 0.25) is 0 Å². The standard InChI is InChI=1S/C9H10O3S2/c10-4-3-9(13-1-2-14-9)7-5(4)6(7)8(11)12/h5-7H,1-3H2,(H,11,12)/t5-,6-,7-/m1/s1. The molecule has 1 spiro atoms. The van der Waals surface area contributed by atoms with E-state index in [2.05, 4.69) is 0 Å². The lowest BCUT2D eigenvalue weighted by atomic mass is 10.1. The molecule has 1 saturated heterocycles. The van der Waals surface area contributed by atoms with Crippen LogP contribution in [0.15, 0.2) is 0 Å². The number of carbonyl (C=O) groups is 2. The van der Waals surface area contributed by atoms with Crippen LogP contribution >= 0.6 is 23.5 Å². The van der Waals surface area contributed by atoms with Crippen molar-refractivity contribution in [1.82, 2.24) is 0 Å². The van der Waals surface area contributed by atoms with Crippen molar-refractivity contribution < 1.29 is 14.7 Å². The van der Waals surface area contributed by atoms with Crippen LogP contribution in [0.4, 0.5) is 0 Å². The van der Waals surface area contributed by atoms with Crippen LogP contribution in [0.5, 0.6) is 0 Å². The highest BCUT2D eigenvalue weighted by Gasteiger charge is 2.73. The molecule has 3 rings (SSSR count). The topological polar surface area (TPSA) is 54.4 Å². The molecule has 0 radical (unpaired) electrons. The summed E-state index contributed by atoms with van der Waals surface area (Å²) in [5.74, 6) is 1.15. The molecular formula is C9H10O3S2. The van der Waals surface area contributed by atoms with E-state index >= 15 is 0 Å². The molecule has 0 unspecified atom stereocenters. The van der Waals surface area contributed by atoms with Gasteiger partial charge in [-0.15, -0.1) is 23.5 Å². The Morgan fingerprint density at radius 1 is 1.43 bits per heavy atom. The van der Waals surface area contributed by atoms with E-state index in [1.807, 2.05) is 0 Å². The molecule has 3 aliphatic rings. The van der Waals surface area contributed by atoms with Gasteiger partial charge in [-0.25, -0.2) is 0 Å². The summed E-state index contributed by atoms with van der Waals surface area (Å²) in [6, 6.07) is 0. The number of hydrogen-bond acceptors (Lipinski definition) is 4. The van der Waals surface area contributed by atoms with Crippen molar-refractivity contribution in [3.05, 3.63) is 0 Å². The van der Waals surface area contributed by atoms with Gasteiger partial charge in [-0.3, -0.25) is 9.59 Å². The molecule has 3 fully saturated rings. The van der Waals surface area contributed by atoms with E-state index in [1.165, 1.54) is 0 Å². The molecule has 3 nitrogen and oxygen atoms in total. The zero-order chi connectivity index (χ0) is 9.92. The first-order valence-electron chi connectivity index (χ1n) is 4.69. The first-order chi connectivity index (χ1) is 6.66. The van der Waals surface area contributed by atoms with Gasteiger partial charge in [-0.1, -0.05) is 0 Å². The third kappa shape index (κ3) is 0.972. The number of ketones is 1. The third-order valence-corrected chi connectivity index (χ3v) is 6.97. The van der Waals surface area contributed by atoms with Crippen LogP contribution in [-0.2, 0) is 9.59 Å². The van der Waals surface area contributed by atoms with Crippen LogP contribution in [0, 0.1) is 17.8 Å². The minimum absolute atomic E-state index is 0.0508. The molecule has 0 aromatic rings. The smallest absolute Gasteiger partial charge is 0.307 e. The van der Waals surface area contributed by atoms with Crippen molar-refractivity contribution in [3.63, 3.8) is 0 Å². The van der Waals surface area contributed by atoms with Gasteiger partial charge in [0.05, 0.1) is 10.00 Å². The van der Waals surface area contributed by atoms with Crippen molar-refractivity contribution in [2.24, 2.45) is 17.8 Å². The van der Waals surface area contributed by atoms with Crippen molar-refractivity contribution in [1.29, 1.82) is 0 Å². The zero-order valence-electron chi connectivity index (χ0n) is 7.43. The van der Waals surface area contributed by atoms with Crippen LogP contribution in [-0.4, -0.2) is 32.4 Å². The fraction of sp³-hybridized carbons (Fsp3) is 0.778. The quantitative estimate of drug-likeness (QED) is 0.730. The van der Waals surface area contributed by atoms with Gasteiger partial charge < -0.3 is 5.11 Å². The molecular weight excluding hydrogens is 220 g/mol. The van der Waals surface area contributed by atoms with Crippen LogP contribution < -0.4 is 0 Å². The molecule has 2 saturated carbocycles. The number of fused-ring (bicyclic) bond motifs is 2. The average molecular weight is 230 g/mol. The minimum atomic E-state index is -0.777. The summed E-state index contributed by atoms with van der Waals surface area (Å²) in [4.78, 5) is 22.5. The molecule has 1 heterocycles. The van der Waals surface area contributed by atoms with Gasteiger partial charge in [0.25, 0.3) is 0 Å². The lowest BCUT2D eigenvalue weighted by Gasteiger charge is -2.22. The fourth-order valence-electron chi connectivity index (χ4n) is 2.81. The molecule has 76 valence electrons. The number of rotatable bonds is 1. The predicted octanol–water partition coefficient (Wildman–Crippen LogP) is 1.08. The number of aliphatic carboxylic acids is 1. The number of carboxylic acid groups (broad SMARTS) is 1. The number of carbonyl (C=O) groups excluding carboxylic acids is 1. The molecule has 1 aliphatic heterocycles. The van der Waals surface area contributed by atoms with Gasteiger partial charge in [0.1, 0.15) is 5.78 Å². The van der Waals surface area contributed by atoms with Crippen molar-refractivity contribution in [2.45, 2.75) is 10.5 Å². The molecule has 0 amide bonds. The largest absolute Gasteiger partial charge is 0.481 e. The fourth-order valence-corrected chi connectivity index (χ4v) is 6.46. The second-order valence-electron chi connectivity index (χ2n) is 4.07. The SMILES string of the molecule is O=C(O)[C@@H]1[C@H]2C(=O)CC3(SCCS3)[C@@H]12. The summed E-state index contributed by atoms with van der Waals surface area (Å²) in [7, 11) is 0. The Morgan fingerprint density at radius 3 is 2.57 bits per heavy atom. The predicted molar refractivity (Wildman–Crippen MR) is 55.4 cm³/mol. The second kappa shape index (κ2) is 2.70. The number of carboxylic acids is 1. The Labute approximate surface area is 90.0 Å². The van der Waals surface area contributed by atoms with Crippen LogP contribution in [0.25, 0.3) is 0 Å². The molecule has 3 atom stereocenters. The Bertz CT molecular complexity index is 318. The molecule has 0 aromatic carbocycles. The maximum Gasteiger partial charge on any atom is 0.307 e. The summed E-state index contributed by atoms with van der Waals surface area (Å²) in [5, 5.41) is 8.95. The number of Topliss-reactive ketones (excluding diaryl/α,β-unsaturated/α-hetero) is 1. The highest BCUT2D eigenvalue weighted by atomic mass is 32.2. The Hall–Kier alpha value is -0.160. The van der Waals surface area contributed by atoms with E-state index in [9.17, 15) is 9.59 Å². The van der Waals surface area contributed by atoms with Crippen molar-refractivity contribution in [2.75, 3.05) is 11.5 Å². The van der Waals surface area contributed by atoms with E-state index in [4.69, 9.17) is 5.11 Å². The summed E-state index contributed by atoms with van der Waals surface area (Å²) in [6.45, 7) is 0. The molecule has 1 N–H and O–H groups in total. The van der Waals surface area contributed by atoms with Gasteiger partial charge in [0.2, 0.25) is 0 Å². The first-order valence-corrected chi connectivity index (χ1v) is 6.66. The normalized spacial score (nSPS) is 42.9. The maximum absolute atomic E-state index is 11.6. The lowest BCUT2D eigenvalue weighted by molar-refractivity contribution is -0.140. The number of thioether (sulfide) groups is 2. The first kappa shape index (κ1) is 9.09.